The number of thioether (sulfide) groups is 1. The molecule has 1 heterocycles. The summed E-state index contributed by atoms with van der Waals surface area (Å²) in [6.45, 7) is 15.1. The molecular formula is C24H37N3S. The van der Waals surface area contributed by atoms with Crippen molar-refractivity contribution in [2.24, 2.45) is 4.99 Å². The molecule has 0 saturated carbocycles. The van der Waals surface area contributed by atoms with Gasteiger partial charge >= 0.3 is 0 Å². The van der Waals surface area contributed by atoms with Gasteiger partial charge in [-0.15, -0.1) is 0 Å². The lowest BCUT2D eigenvalue weighted by atomic mass is 10.1. The van der Waals surface area contributed by atoms with Gasteiger partial charge in [0.15, 0.2) is 0 Å². The Morgan fingerprint density at radius 2 is 1.96 bits per heavy atom. The molecule has 1 saturated heterocycles. The number of nitrogens with zero attached hydrogens (tertiary/aromatic N) is 2. The smallest absolute Gasteiger partial charge is 0.0663 e. The molecule has 1 aliphatic rings. The zero-order valence-electron chi connectivity index (χ0n) is 18.3. The lowest BCUT2D eigenvalue weighted by Gasteiger charge is -2.26. The number of hydrogen-bond acceptors (Lipinski definition) is 4. The van der Waals surface area contributed by atoms with Crippen LogP contribution in [0.1, 0.15) is 58.6 Å². The van der Waals surface area contributed by atoms with Crippen LogP contribution in [-0.4, -0.2) is 41.8 Å². The van der Waals surface area contributed by atoms with Crippen molar-refractivity contribution >= 4 is 23.2 Å². The second kappa shape index (κ2) is 12.1. The Morgan fingerprint density at radius 3 is 2.61 bits per heavy atom. The molecule has 0 bridgehead atoms. The number of allylic oxidation sites excluding steroid dienone is 3. The monoisotopic (exact) mass is 399 g/mol. The minimum absolute atomic E-state index is 0.999. The number of unbranched alkanes of at least 4 members (excludes halogenated alkanes) is 1. The van der Waals surface area contributed by atoms with E-state index in [0.29, 0.717) is 0 Å². The molecule has 0 aliphatic carbocycles. The molecule has 0 amide bonds. The van der Waals surface area contributed by atoms with E-state index in [1.807, 2.05) is 0 Å². The fourth-order valence-corrected chi connectivity index (χ4v) is 4.41. The van der Waals surface area contributed by atoms with Crippen molar-refractivity contribution in [2.75, 3.05) is 31.1 Å². The maximum absolute atomic E-state index is 4.99. The summed E-state index contributed by atoms with van der Waals surface area (Å²) in [5.41, 5.74) is 7.14. The summed E-state index contributed by atoms with van der Waals surface area (Å²) >= 11 is 2.06. The standard InChI is InChI=1S/C24H37N3S/c1-6-8-12-25-24(19(3)4)20(5)26-23(7-2)22-11-9-10-21(17-22)18-27-13-15-28-16-14-27/h7,9-11,17,25H,6,8,12-16,18H2,1-5H3/b23-7-,26-20-. The summed E-state index contributed by atoms with van der Waals surface area (Å²) in [5.74, 6) is 2.50. The number of nitrogens with one attached hydrogen (secondary N) is 1. The molecule has 1 N–H and O–H groups in total. The molecule has 28 heavy (non-hydrogen) atoms. The molecule has 0 aromatic heterocycles. The van der Waals surface area contributed by atoms with Gasteiger partial charge in [0.05, 0.1) is 17.1 Å². The zero-order valence-corrected chi connectivity index (χ0v) is 19.2. The maximum Gasteiger partial charge on any atom is 0.0663 e. The normalized spacial score (nSPS) is 16.2. The minimum Gasteiger partial charge on any atom is -0.384 e. The van der Waals surface area contributed by atoms with Gasteiger partial charge in [0.2, 0.25) is 0 Å². The van der Waals surface area contributed by atoms with Gasteiger partial charge in [0, 0.05) is 43.2 Å². The highest BCUT2D eigenvalue weighted by atomic mass is 32.2. The third-order valence-corrected chi connectivity index (χ3v) is 5.93. The summed E-state index contributed by atoms with van der Waals surface area (Å²) in [7, 11) is 0. The number of hydrogen-bond donors (Lipinski definition) is 1. The summed E-state index contributed by atoms with van der Waals surface area (Å²) in [6, 6.07) is 8.89. The first-order chi connectivity index (χ1) is 13.5. The molecular weight excluding hydrogens is 362 g/mol. The Kier molecular flexibility index (Phi) is 9.86. The Morgan fingerprint density at radius 1 is 1.21 bits per heavy atom. The van der Waals surface area contributed by atoms with Gasteiger partial charge in [-0.2, -0.15) is 11.8 Å². The van der Waals surface area contributed by atoms with Gasteiger partial charge in [-0.25, -0.2) is 0 Å². The van der Waals surface area contributed by atoms with Crippen LogP contribution in [-0.2, 0) is 6.54 Å². The van der Waals surface area contributed by atoms with Crippen molar-refractivity contribution in [1.29, 1.82) is 0 Å². The van der Waals surface area contributed by atoms with E-state index in [0.717, 1.165) is 24.5 Å². The fraction of sp³-hybridized carbons (Fsp3) is 0.542. The van der Waals surface area contributed by atoms with Crippen LogP contribution in [0.15, 0.2) is 46.6 Å². The number of rotatable bonds is 9. The first kappa shape index (κ1) is 22.8. The van der Waals surface area contributed by atoms with E-state index >= 15 is 0 Å². The van der Waals surface area contributed by atoms with E-state index in [-0.39, 0.29) is 0 Å². The molecule has 4 heteroatoms. The quantitative estimate of drug-likeness (QED) is 0.424. The average Bonchev–Trinajstić information content (AvgIpc) is 2.70. The van der Waals surface area contributed by atoms with E-state index in [9.17, 15) is 0 Å². The van der Waals surface area contributed by atoms with Crippen LogP contribution in [0.4, 0.5) is 0 Å². The average molecular weight is 400 g/mol. The second-order valence-corrected chi connectivity index (χ2v) is 8.84. The largest absolute Gasteiger partial charge is 0.384 e. The maximum atomic E-state index is 4.99. The van der Waals surface area contributed by atoms with Crippen LogP contribution in [0, 0.1) is 0 Å². The molecule has 1 aromatic rings. The van der Waals surface area contributed by atoms with Gasteiger partial charge in [-0.1, -0.05) is 43.2 Å². The number of aliphatic imine (C=N–C) groups is 1. The molecule has 1 aromatic carbocycles. The highest BCUT2D eigenvalue weighted by Crippen LogP contribution is 2.21. The lowest BCUT2D eigenvalue weighted by molar-refractivity contribution is 0.294. The Balaban J connectivity index is 2.16. The van der Waals surface area contributed by atoms with Gasteiger partial charge in [-0.05, 0) is 45.7 Å². The predicted octanol–water partition coefficient (Wildman–Crippen LogP) is 5.74. The highest BCUT2D eigenvalue weighted by Gasteiger charge is 2.12. The van der Waals surface area contributed by atoms with Crippen molar-refractivity contribution in [3.63, 3.8) is 0 Å². The van der Waals surface area contributed by atoms with E-state index in [1.54, 1.807) is 0 Å². The van der Waals surface area contributed by atoms with E-state index in [1.165, 1.54) is 59.8 Å². The first-order valence-corrected chi connectivity index (χ1v) is 11.7. The SMILES string of the molecule is C/C=C(\N=C(\C)C(NCCCC)=C(C)C)c1cccc(CN2CCSCC2)c1. The Labute approximate surface area is 176 Å². The molecule has 1 fully saturated rings. The molecule has 2 rings (SSSR count). The van der Waals surface area contributed by atoms with Crippen molar-refractivity contribution < 1.29 is 0 Å². The van der Waals surface area contributed by atoms with Crippen molar-refractivity contribution in [2.45, 2.75) is 54.0 Å². The summed E-state index contributed by atoms with van der Waals surface area (Å²) in [6.07, 6.45) is 4.49. The lowest BCUT2D eigenvalue weighted by Crippen LogP contribution is -2.31. The van der Waals surface area contributed by atoms with Gasteiger partial charge in [-0.3, -0.25) is 9.89 Å². The van der Waals surface area contributed by atoms with Crippen LogP contribution in [0.25, 0.3) is 5.70 Å². The Bertz CT molecular complexity index is 708. The van der Waals surface area contributed by atoms with E-state index < -0.39 is 0 Å². The Hall–Kier alpha value is -1.52. The molecule has 0 atom stereocenters. The van der Waals surface area contributed by atoms with Crippen LogP contribution in [0.3, 0.4) is 0 Å². The highest BCUT2D eigenvalue weighted by molar-refractivity contribution is 7.99. The molecule has 0 radical (unpaired) electrons. The van der Waals surface area contributed by atoms with E-state index in [4.69, 9.17) is 4.99 Å². The molecule has 154 valence electrons. The van der Waals surface area contributed by atoms with Gasteiger partial charge < -0.3 is 5.32 Å². The van der Waals surface area contributed by atoms with Crippen molar-refractivity contribution in [3.8, 4) is 0 Å². The van der Waals surface area contributed by atoms with Gasteiger partial charge in [0.1, 0.15) is 0 Å². The summed E-state index contributed by atoms with van der Waals surface area (Å²) < 4.78 is 0. The third kappa shape index (κ3) is 7.14. The van der Waals surface area contributed by atoms with Crippen LogP contribution in [0.2, 0.25) is 0 Å². The third-order valence-electron chi connectivity index (χ3n) is 4.99. The van der Waals surface area contributed by atoms with Crippen molar-refractivity contribution in [3.05, 3.63) is 52.7 Å². The minimum atomic E-state index is 0.999. The topological polar surface area (TPSA) is 27.6 Å². The number of benzene rings is 1. The van der Waals surface area contributed by atoms with Gasteiger partial charge in [0.25, 0.3) is 0 Å². The van der Waals surface area contributed by atoms with Crippen LogP contribution >= 0.6 is 11.8 Å². The molecule has 0 spiro atoms. The fourth-order valence-electron chi connectivity index (χ4n) is 3.44. The predicted molar refractivity (Wildman–Crippen MR) is 127 cm³/mol. The van der Waals surface area contributed by atoms with Crippen LogP contribution < -0.4 is 5.32 Å². The first-order valence-electron chi connectivity index (χ1n) is 10.6. The zero-order chi connectivity index (χ0) is 20.4. The second-order valence-electron chi connectivity index (χ2n) is 7.62. The summed E-state index contributed by atoms with van der Waals surface area (Å²) in [4.78, 5) is 7.55. The van der Waals surface area contributed by atoms with Crippen LogP contribution in [0.5, 0.6) is 0 Å². The summed E-state index contributed by atoms with van der Waals surface area (Å²) in [5, 5.41) is 3.58. The van der Waals surface area contributed by atoms with Crippen molar-refractivity contribution in [1.82, 2.24) is 10.2 Å². The van der Waals surface area contributed by atoms with E-state index in [2.05, 4.69) is 86.9 Å². The molecule has 0 unspecified atom stereocenters. The molecule has 3 nitrogen and oxygen atoms in total. The molecule has 1 aliphatic heterocycles.